The van der Waals surface area contributed by atoms with Gasteiger partial charge in [0.25, 0.3) is 0 Å². The third-order valence-corrected chi connectivity index (χ3v) is 7.08. The highest BCUT2D eigenvalue weighted by molar-refractivity contribution is 6.30. The molecule has 158 valence electrons. The number of Topliss-reactive ketones (excluding diaryl/α,β-unsaturated/α-hetero) is 1. The summed E-state index contributed by atoms with van der Waals surface area (Å²) in [6.07, 6.45) is 5.07. The number of fused-ring (bicyclic) bond motifs is 1. The number of ketones is 1. The molecule has 2 aromatic rings. The Morgan fingerprint density at radius 3 is 2.20 bits per heavy atom. The van der Waals surface area contributed by atoms with Crippen LogP contribution in [0.4, 0.5) is 5.69 Å². The number of nitrogens with zero attached hydrogens (tertiary/aromatic N) is 1. The van der Waals surface area contributed by atoms with Gasteiger partial charge in [0.05, 0.1) is 5.56 Å². The summed E-state index contributed by atoms with van der Waals surface area (Å²) in [4.78, 5) is 26.5. The third kappa shape index (κ3) is 3.61. The molecule has 2 fully saturated rings. The maximum Gasteiger partial charge on any atom is 0.335 e. The smallest absolute Gasteiger partial charge is 0.335 e. The molecule has 2 aliphatic rings. The Labute approximate surface area is 181 Å². The summed E-state index contributed by atoms with van der Waals surface area (Å²) in [7, 11) is 0. The Balaban J connectivity index is 1.79. The first-order valence-corrected chi connectivity index (χ1v) is 10.9. The van der Waals surface area contributed by atoms with Crippen LogP contribution in [-0.4, -0.2) is 29.9 Å². The number of anilines is 1. The van der Waals surface area contributed by atoms with Crippen LogP contribution in [0, 0.1) is 11.8 Å². The van der Waals surface area contributed by atoms with Gasteiger partial charge in [-0.2, -0.15) is 0 Å². The van der Waals surface area contributed by atoms with Gasteiger partial charge in [0, 0.05) is 29.4 Å². The number of carbonyl (C=O) groups is 2. The van der Waals surface area contributed by atoms with E-state index >= 15 is 0 Å². The van der Waals surface area contributed by atoms with Gasteiger partial charge in [-0.15, -0.1) is 0 Å². The molecule has 3 atom stereocenters. The SMILES string of the molecule is CC(=O)C(N)(c1ccc(C(=O)O)cc1)c1cc(Cl)ccc1N1CC2CCCCC2C1. The predicted octanol–water partition coefficient (Wildman–Crippen LogP) is 4.46. The number of carboxylic acids is 1. The van der Waals surface area contributed by atoms with E-state index in [1.54, 1.807) is 18.2 Å². The lowest BCUT2D eigenvalue weighted by Crippen LogP contribution is -2.46. The number of hydrogen-bond acceptors (Lipinski definition) is 4. The van der Waals surface area contributed by atoms with Crippen molar-refractivity contribution in [3.63, 3.8) is 0 Å². The van der Waals surface area contributed by atoms with Gasteiger partial charge in [-0.3, -0.25) is 4.79 Å². The molecule has 0 radical (unpaired) electrons. The van der Waals surface area contributed by atoms with Crippen LogP contribution < -0.4 is 10.6 Å². The zero-order chi connectivity index (χ0) is 21.5. The van der Waals surface area contributed by atoms with Crippen molar-refractivity contribution >= 4 is 29.0 Å². The summed E-state index contributed by atoms with van der Waals surface area (Å²) >= 11 is 6.35. The fourth-order valence-corrected chi connectivity index (χ4v) is 5.30. The molecule has 4 rings (SSSR count). The first-order chi connectivity index (χ1) is 14.3. The molecule has 0 aromatic heterocycles. The van der Waals surface area contributed by atoms with Gasteiger partial charge in [0.1, 0.15) is 5.54 Å². The average molecular weight is 427 g/mol. The minimum atomic E-state index is -1.41. The summed E-state index contributed by atoms with van der Waals surface area (Å²) < 4.78 is 0. The average Bonchev–Trinajstić information content (AvgIpc) is 3.17. The van der Waals surface area contributed by atoms with Crippen molar-refractivity contribution in [3.8, 4) is 0 Å². The second-order valence-corrected chi connectivity index (χ2v) is 9.05. The van der Waals surface area contributed by atoms with Crippen LogP contribution in [0.2, 0.25) is 5.02 Å². The minimum absolute atomic E-state index is 0.152. The molecule has 1 aliphatic carbocycles. The van der Waals surface area contributed by atoms with Gasteiger partial charge in [0.15, 0.2) is 5.78 Å². The molecule has 2 aromatic carbocycles. The molecule has 3 N–H and O–H groups in total. The standard InChI is InChI=1S/C24H27ClN2O3/c1-15(28)24(26,19-8-6-16(7-9-19)23(29)30)21-12-20(25)10-11-22(21)27-13-17-4-2-3-5-18(17)14-27/h6-12,17-18H,2-5,13-14,26H2,1H3,(H,29,30). The Bertz CT molecular complexity index is 961. The summed E-state index contributed by atoms with van der Waals surface area (Å²) in [5, 5.41) is 9.73. The molecular weight excluding hydrogens is 400 g/mol. The minimum Gasteiger partial charge on any atom is -0.478 e. The first-order valence-electron chi connectivity index (χ1n) is 10.5. The van der Waals surface area contributed by atoms with E-state index in [1.165, 1.54) is 44.7 Å². The number of hydrogen-bond donors (Lipinski definition) is 2. The van der Waals surface area contributed by atoms with Crippen LogP contribution in [0.25, 0.3) is 0 Å². The van der Waals surface area contributed by atoms with Crippen molar-refractivity contribution in [3.05, 3.63) is 64.2 Å². The number of aromatic carboxylic acids is 1. The van der Waals surface area contributed by atoms with E-state index in [1.807, 2.05) is 12.1 Å². The lowest BCUT2D eigenvalue weighted by molar-refractivity contribution is -0.120. The zero-order valence-electron chi connectivity index (χ0n) is 17.1. The molecule has 1 aliphatic heterocycles. The zero-order valence-corrected chi connectivity index (χ0v) is 17.9. The number of benzene rings is 2. The fraction of sp³-hybridized carbons (Fsp3) is 0.417. The molecule has 1 saturated carbocycles. The molecule has 3 unspecified atom stereocenters. The summed E-state index contributed by atoms with van der Waals surface area (Å²) in [5.41, 5.74) is 7.72. The summed E-state index contributed by atoms with van der Waals surface area (Å²) in [6.45, 7) is 3.40. The van der Waals surface area contributed by atoms with Gasteiger partial charge < -0.3 is 15.7 Å². The van der Waals surface area contributed by atoms with Crippen molar-refractivity contribution in [1.82, 2.24) is 0 Å². The van der Waals surface area contributed by atoms with E-state index < -0.39 is 11.5 Å². The summed E-state index contributed by atoms with van der Waals surface area (Å²) in [6, 6.07) is 11.8. The number of halogens is 1. The monoisotopic (exact) mass is 426 g/mol. The van der Waals surface area contributed by atoms with Crippen molar-refractivity contribution in [2.45, 2.75) is 38.1 Å². The first kappa shape index (κ1) is 20.9. The second-order valence-electron chi connectivity index (χ2n) is 8.62. The van der Waals surface area contributed by atoms with Crippen LogP contribution in [0.5, 0.6) is 0 Å². The van der Waals surface area contributed by atoms with Crippen LogP contribution in [-0.2, 0) is 10.3 Å². The number of rotatable bonds is 5. The van der Waals surface area contributed by atoms with E-state index in [9.17, 15) is 14.7 Å². The van der Waals surface area contributed by atoms with Crippen molar-refractivity contribution < 1.29 is 14.7 Å². The van der Waals surface area contributed by atoms with Gasteiger partial charge >= 0.3 is 5.97 Å². The predicted molar refractivity (Wildman–Crippen MR) is 118 cm³/mol. The lowest BCUT2D eigenvalue weighted by atomic mass is 9.79. The molecule has 1 heterocycles. The van der Waals surface area contributed by atoms with E-state index in [0.717, 1.165) is 18.8 Å². The van der Waals surface area contributed by atoms with Gasteiger partial charge in [-0.05, 0) is 67.5 Å². The number of carboxylic acid groups (broad SMARTS) is 1. The van der Waals surface area contributed by atoms with Crippen molar-refractivity contribution in [2.75, 3.05) is 18.0 Å². The molecule has 0 spiro atoms. The molecular formula is C24H27ClN2O3. The molecule has 5 nitrogen and oxygen atoms in total. The topological polar surface area (TPSA) is 83.6 Å². The van der Waals surface area contributed by atoms with E-state index in [2.05, 4.69) is 4.90 Å². The molecule has 30 heavy (non-hydrogen) atoms. The number of nitrogens with two attached hydrogens (primary N) is 1. The quantitative estimate of drug-likeness (QED) is 0.737. The Hall–Kier alpha value is -2.37. The van der Waals surface area contributed by atoms with Crippen LogP contribution in [0.3, 0.4) is 0 Å². The van der Waals surface area contributed by atoms with Crippen LogP contribution in [0.1, 0.15) is 54.1 Å². The second kappa shape index (κ2) is 8.05. The largest absolute Gasteiger partial charge is 0.478 e. The Kier molecular flexibility index (Phi) is 5.60. The van der Waals surface area contributed by atoms with Crippen molar-refractivity contribution in [2.24, 2.45) is 17.6 Å². The number of carbonyl (C=O) groups excluding carboxylic acids is 1. The van der Waals surface area contributed by atoms with Crippen molar-refractivity contribution in [1.29, 1.82) is 0 Å². The van der Waals surface area contributed by atoms with E-state index in [-0.39, 0.29) is 11.3 Å². The van der Waals surface area contributed by atoms with Crippen LogP contribution >= 0.6 is 11.6 Å². The molecule has 6 heteroatoms. The van der Waals surface area contributed by atoms with E-state index in [0.29, 0.717) is 28.0 Å². The van der Waals surface area contributed by atoms with Crippen LogP contribution in [0.15, 0.2) is 42.5 Å². The van der Waals surface area contributed by atoms with Gasteiger partial charge in [-0.1, -0.05) is 36.6 Å². The van der Waals surface area contributed by atoms with Gasteiger partial charge in [-0.25, -0.2) is 4.79 Å². The lowest BCUT2D eigenvalue weighted by Gasteiger charge is -2.33. The summed E-state index contributed by atoms with van der Waals surface area (Å²) in [5.74, 6) is 0.129. The highest BCUT2D eigenvalue weighted by Gasteiger charge is 2.41. The molecule has 1 saturated heterocycles. The third-order valence-electron chi connectivity index (χ3n) is 6.84. The maximum atomic E-state index is 12.9. The maximum absolute atomic E-state index is 12.9. The highest BCUT2D eigenvalue weighted by atomic mass is 35.5. The van der Waals surface area contributed by atoms with E-state index in [4.69, 9.17) is 17.3 Å². The molecule has 0 amide bonds. The molecule has 0 bridgehead atoms. The Morgan fingerprint density at radius 1 is 1.07 bits per heavy atom. The fourth-order valence-electron chi connectivity index (χ4n) is 5.13. The van der Waals surface area contributed by atoms with Gasteiger partial charge in [0.2, 0.25) is 0 Å². The highest BCUT2D eigenvalue weighted by Crippen LogP contribution is 2.42. The normalized spacial score (nSPS) is 23.0. The Morgan fingerprint density at radius 2 is 1.67 bits per heavy atom.